The van der Waals surface area contributed by atoms with Gasteiger partial charge in [0, 0.05) is 19.2 Å². The molecule has 0 aromatic heterocycles. The van der Waals surface area contributed by atoms with Crippen molar-refractivity contribution < 1.29 is 4.74 Å². The number of ether oxygens (including phenoxy) is 1. The van der Waals surface area contributed by atoms with Crippen LogP contribution < -0.4 is 0 Å². The zero-order valence-corrected chi connectivity index (χ0v) is 12.7. The molecule has 1 heterocycles. The summed E-state index contributed by atoms with van der Waals surface area (Å²) in [6.07, 6.45) is 8.20. The summed E-state index contributed by atoms with van der Waals surface area (Å²) in [4.78, 5) is 2.59. The Morgan fingerprint density at radius 1 is 1.15 bits per heavy atom. The summed E-state index contributed by atoms with van der Waals surface area (Å²) in [5.74, 6) is 0.825. The highest BCUT2D eigenvalue weighted by Gasteiger charge is 2.33. The molecule has 3 rings (SSSR count). The van der Waals surface area contributed by atoms with Crippen molar-refractivity contribution in [2.75, 3.05) is 19.9 Å². The van der Waals surface area contributed by atoms with Crippen LogP contribution in [0.2, 0.25) is 0 Å². The van der Waals surface area contributed by atoms with Crippen LogP contribution in [0.1, 0.15) is 56.2 Å². The molecule has 1 unspecified atom stereocenters. The van der Waals surface area contributed by atoms with Crippen LogP contribution in [0, 0.1) is 5.92 Å². The fraction of sp³-hybridized carbons (Fsp3) is 0.667. The molecule has 2 heteroatoms. The predicted molar refractivity (Wildman–Crippen MR) is 82.7 cm³/mol. The molecular formula is C18H27NO. The van der Waals surface area contributed by atoms with Gasteiger partial charge in [0.15, 0.2) is 0 Å². The van der Waals surface area contributed by atoms with Gasteiger partial charge in [0.2, 0.25) is 0 Å². The van der Waals surface area contributed by atoms with Gasteiger partial charge in [-0.05, 0) is 43.2 Å². The molecule has 1 fully saturated rings. The van der Waals surface area contributed by atoms with Gasteiger partial charge in [-0.25, -0.2) is 0 Å². The molecule has 1 aromatic carbocycles. The highest BCUT2D eigenvalue weighted by Crippen LogP contribution is 2.41. The van der Waals surface area contributed by atoms with Crippen molar-refractivity contribution in [3.63, 3.8) is 0 Å². The third-order valence-corrected chi connectivity index (χ3v) is 4.99. The maximum atomic E-state index is 5.73. The lowest BCUT2D eigenvalue weighted by atomic mass is 9.77. The molecule has 0 bridgehead atoms. The second-order valence-electron chi connectivity index (χ2n) is 6.23. The number of fused-ring (bicyclic) bond motifs is 1. The number of nitrogens with zero attached hydrogens (tertiary/aromatic N) is 1. The highest BCUT2D eigenvalue weighted by molar-refractivity contribution is 5.33. The lowest BCUT2D eigenvalue weighted by Crippen LogP contribution is -2.41. The Morgan fingerprint density at radius 2 is 1.95 bits per heavy atom. The molecule has 1 aliphatic heterocycles. The van der Waals surface area contributed by atoms with E-state index in [0.29, 0.717) is 6.04 Å². The maximum Gasteiger partial charge on any atom is 0.0995 e. The molecule has 110 valence electrons. The summed E-state index contributed by atoms with van der Waals surface area (Å²) in [6, 6.07) is 9.66. The van der Waals surface area contributed by atoms with E-state index < -0.39 is 0 Å². The van der Waals surface area contributed by atoms with Gasteiger partial charge >= 0.3 is 0 Å². The molecular weight excluding hydrogens is 246 g/mol. The number of benzene rings is 1. The summed E-state index contributed by atoms with van der Waals surface area (Å²) in [6.45, 7) is 4.85. The largest absolute Gasteiger partial charge is 0.366 e. The van der Waals surface area contributed by atoms with Crippen molar-refractivity contribution in [1.29, 1.82) is 0 Å². The first-order chi connectivity index (χ1) is 9.90. The minimum atomic E-state index is 0.590. The van der Waals surface area contributed by atoms with Gasteiger partial charge in [-0.1, -0.05) is 43.5 Å². The Morgan fingerprint density at radius 3 is 2.75 bits per heavy atom. The first kappa shape index (κ1) is 14.1. The SMILES string of the molecule is CCOCN1CCc2ccccc2C1C1CCCCC1. The normalized spacial score (nSPS) is 24.6. The summed E-state index contributed by atoms with van der Waals surface area (Å²) >= 11 is 0. The van der Waals surface area contributed by atoms with E-state index in [1.807, 2.05) is 0 Å². The lowest BCUT2D eigenvalue weighted by Gasteiger charge is -2.42. The Balaban J connectivity index is 1.85. The van der Waals surface area contributed by atoms with Gasteiger partial charge in [0.1, 0.15) is 0 Å². The smallest absolute Gasteiger partial charge is 0.0995 e. The fourth-order valence-corrected chi connectivity index (χ4v) is 4.01. The molecule has 1 saturated carbocycles. The summed E-state index contributed by atoms with van der Waals surface area (Å²) in [5, 5.41) is 0. The van der Waals surface area contributed by atoms with Gasteiger partial charge in [-0.15, -0.1) is 0 Å². The molecule has 0 N–H and O–H groups in total. The molecule has 20 heavy (non-hydrogen) atoms. The van der Waals surface area contributed by atoms with Gasteiger partial charge in [0.05, 0.1) is 6.73 Å². The van der Waals surface area contributed by atoms with E-state index in [-0.39, 0.29) is 0 Å². The zero-order chi connectivity index (χ0) is 13.8. The predicted octanol–water partition coefficient (Wildman–Crippen LogP) is 4.16. The third kappa shape index (κ3) is 2.91. The number of rotatable bonds is 4. The van der Waals surface area contributed by atoms with Crippen molar-refractivity contribution in [2.24, 2.45) is 5.92 Å². The molecule has 1 atom stereocenters. The van der Waals surface area contributed by atoms with Gasteiger partial charge in [-0.3, -0.25) is 4.90 Å². The topological polar surface area (TPSA) is 12.5 Å². The Kier molecular flexibility index (Phi) is 4.74. The number of hydrogen-bond donors (Lipinski definition) is 0. The molecule has 0 spiro atoms. The van der Waals surface area contributed by atoms with Crippen LogP contribution in [0.15, 0.2) is 24.3 Å². The van der Waals surface area contributed by atoms with Gasteiger partial charge in [0.25, 0.3) is 0 Å². The Hall–Kier alpha value is -0.860. The monoisotopic (exact) mass is 273 g/mol. The fourth-order valence-electron chi connectivity index (χ4n) is 4.01. The van der Waals surface area contributed by atoms with Gasteiger partial charge < -0.3 is 4.74 Å². The molecule has 0 amide bonds. The van der Waals surface area contributed by atoms with Crippen LogP contribution in [-0.4, -0.2) is 24.8 Å². The number of hydrogen-bond acceptors (Lipinski definition) is 2. The second kappa shape index (κ2) is 6.73. The first-order valence-corrected chi connectivity index (χ1v) is 8.29. The van der Waals surface area contributed by atoms with Crippen LogP contribution in [0.25, 0.3) is 0 Å². The standard InChI is InChI=1S/C18H27NO/c1-2-20-14-19-13-12-15-8-6-7-11-17(15)18(19)16-9-4-3-5-10-16/h6-8,11,16,18H,2-5,9-10,12-14H2,1H3. The van der Waals surface area contributed by atoms with Crippen molar-refractivity contribution >= 4 is 0 Å². The van der Waals surface area contributed by atoms with Crippen molar-refractivity contribution in [2.45, 2.75) is 51.5 Å². The van der Waals surface area contributed by atoms with E-state index in [9.17, 15) is 0 Å². The van der Waals surface area contributed by atoms with Crippen molar-refractivity contribution in [3.05, 3.63) is 35.4 Å². The van der Waals surface area contributed by atoms with Crippen molar-refractivity contribution in [3.8, 4) is 0 Å². The van der Waals surface area contributed by atoms with E-state index in [0.717, 1.165) is 25.8 Å². The van der Waals surface area contributed by atoms with E-state index in [4.69, 9.17) is 4.74 Å². The van der Waals surface area contributed by atoms with E-state index in [2.05, 4.69) is 36.1 Å². The molecule has 1 aromatic rings. The first-order valence-electron chi connectivity index (χ1n) is 8.29. The molecule has 1 aliphatic carbocycles. The van der Waals surface area contributed by atoms with Gasteiger partial charge in [-0.2, -0.15) is 0 Å². The summed E-state index contributed by atoms with van der Waals surface area (Å²) in [5.41, 5.74) is 3.14. The average molecular weight is 273 g/mol. The van der Waals surface area contributed by atoms with E-state index >= 15 is 0 Å². The highest BCUT2D eigenvalue weighted by atomic mass is 16.5. The lowest BCUT2D eigenvalue weighted by molar-refractivity contribution is -0.0165. The second-order valence-corrected chi connectivity index (χ2v) is 6.23. The molecule has 2 nitrogen and oxygen atoms in total. The van der Waals surface area contributed by atoms with Crippen LogP contribution in [0.5, 0.6) is 0 Å². The Bertz CT molecular complexity index is 425. The van der Waals surface area contributed by atoms with Crippen LogP contribution in [0.4, 0.5) is 0 Å². The zero-order valence-electron chi connectivity index (χ0n) is 12.7. The summed E-state index contributed by atoms with van der Waals surface area (Å²) < 4.78 is 5.73. The third-order valence-electron chi connectivity index (χ3n) is 4.99. The molecule has 0 saturated heterocycles. The molecule has 2 aliphatic rings. The van der Waals surface area contributed by atoms with E-state index in [1.165, 1.54) is 38.5 Å². The van der Waals surface area contributed by atoms with Crippen molar-refractivity contribution in [1.82, 2.24) is 4.90 Å². The quantitative estimate of drug-likeness (QED) is 0.816. The molecule has 0 radical (unpaired) electrons. The maximum absolute atomic E-state index is 5.73. The van der Waals surface area contributed by atoms with Crippen LogP contribution in [0.3, 0.4) is 0 Å². The summed E-state index contributed by atoms with van der Waals surface area (Å²) in [7, 11) is 0. The van der Waals surface area contributed by atoms with E-state index in [1.54, 1.807) is 11.1 Å². The average Bonchev–Trinajstić information content (AvgIpc) is 2.53. The minimum absolute atomic E-state index is 0.590. The minimum Gasteiger partial charge on any atom is -0.366 e. The Labute approximate surface area is 123 Å². The van der Waals surface area contributed by atoms with Crippen LogP contribution >= 0.6 is 0 Å². The van der Waals surface area contributed by atoms with Crippen LogP contribution in [-0.2, 0) is 11.2 Å².